The number of esters is 1. The molecule has 104 valence electrons. The molecule has 2 unspecified atom stereocenters. The Morgan fingerprint density at radius 3 is 2.42 bits per heavy atom. The Morgan fingerprint density at radius 1 is 1.21 bits per heavy atom. The first-order chi connectivity index (χ1) is 8.95. The van der Waals surface area contributed by atoms with E-state index in [0.29, 0.717) is 23.0 Å². The number of carbonyl (C=O) groups excluding carboxylic acids is 1. The number of benzene rings is 1. The number of halogens is 1. The molecule has 1 aliphatic rings. The van der Waals surface area contributed by atoms with Crippen LogP contribution >= 0.6 is 0 Å². The predicted octanol–water partition coefficient (Wildman–Crippen LogP) is 4.12. The summed E-state index contributed by atoms with van der Waals surface area (Å²) in [5.74, 6) is 0.532. The van der Waals surface area contributed by atoms with Crippen molar-refractivity contribution in [2.75, 3.05) is 0 Å². The molecule has 2 nitrogen and oxygen atoms in total. The van der Waals surface area contributed by atoms with Crippen molar-refractivity contribution in [1.29, 1.82) is 0 Å². The minimum absolute atomic E-state index is 0.00398. The van der Waals surface area contributed by atoms with E-state index in [-0.39, 0.29) is 17.9 Å². The van der Waals surface area contributed by atoms with Gasteiger partial charge in [0.15, 0.2) is 0 Å². The Hall–Kier alpha value is -1.38. The molecule has 0 aromatic heterocycles. The Bertz CT molecular complexity index is 460. The smallest absolute Gasteiger partial charge is 0.338 e. The van der Waals surface area contributed by atoms with E-state index < -0.39 is 0 Å². The number of carbonyl (C=O) groups is 1. The maximum absolute atomic E-state index is 13.0. The van der Waals surface area contributed by atoms with Gasteiger partial charge in [-0.1, -0.05) is 13.8 Å². The second kappa shape index (κ2) is 5.72. The molecule has 1 aromatic carbocycles. The molecule has 2 atom stereocenters. The van der Waals surface area contributed by atoms with Gasteiger partial charge < -0.3 is 4.74 Å². The molecular weight excluding hydrogens is 243 g/mol. The van der Waals surface area contributed by atoms with E-state index in [1.54, 1.807) is 6.92 Å². The fraction of sp³-hybridized carbons (Fsp3) is 0.562. The lowest BCUT2D eigenvalue weighted by Crippen LogP contribution is -2.28. The van der Waals surface area contributed by atoms with Gasteiger partial charge in [0, 0.05) is 0 Å². The number of hydrogen-bond donors (Lipinski definition) is 0. The molecule has 19 heavy (non-hydrogen) atoms. The summed E-state index contributed by atoms with van der Waals surface area (Å²) in [6.45, 7) is 6.12. The van der Waals surface area contributed by atoms with Crippen molar-refractivity contribution in [1.82, 2.24) is 0 Å². The zero-order chi connectivity index (χ0) is 14.0. The van der Waals surface area contributed by atoms with E-state index in [9.17, 15) is 9.18 Å². The lowest BCUT2D eigenvalue weighted by atomic mass is 9.82. The zero-order valence-corrected chi connectivity index (χ0v) is 11.8. The monoisotopic (exact) mass is 264 g/mol. The summed E-state index contributed by atoms with van der Waals surface area (Å²) in [5, 5.41) is 0. The van der Waals surface area contributed by atoms with Crippen LogP contribution < -0.4 is 0 Å². The quantitative estimate of drug-likeness (QED) is 0.751. The minimum Gasteiger partial charge on any atom is -0.459 e. The summed E-state index contributed by atoms with van der Waals surface area (Å²) in [6, 6.07) is 4.17. The molecule has 1 fully saturated rings. The second-order valence-corrected chi connectivity index (χ2v) is 5.90. The van der Waals surface area contributed by atoms with Gasteiger partial charge in [0.25, 0.3) is 0 Å². The molecule has 0 aliphatic heterocycles. The average molecular weight is 264 g/mol. The Kier molecular flexibility index (Phi) is 4.23. The number of aryl methyl sites for hydroxylation is 1. The summed E-state index contributed by atoms with van der Waals surface area (Å²) in [5.41, 5.74) is 1.09. The van der Waals surface area contributed by atoms with Crippen LogP contribution in [0.2, 0.25) is 0 Å². The third-order valence-corrected chi connectivity index (χ3v) is 3.82. The Balaban J connectivity index is 2.04. The van der Waals surface area contributed by atoms with Crippen LogP contribution in [0.25, 0.3) is 0 Å². The topological polar surface area (TPSA) is 26.3 Å². The maximum Gasteiger partial charge on any atom is 0.338 e. The maximum atomic E-state index is 13.0. The van der Waals surface area contributed by atoms with E-state index in [2.05, 4.69) is 13.8 Å². The van der Waals surface area contributed by atoms with Crippen molar-refractivity contribution in [3.63, 3.8) is 0 Å². The van der Waals surface area contributed by atoms with Gasteiger partial charge in [-0.15, -0.1) is 0 Å². The summed E-state index contributed by atoms with van der Waals surface area (Å²) in [6.07, 6.45) is 3.05. The van der Waals surface area contributed by atoms with Crippen LogP contribution in [0.5, 0.6) is 0 Å². The molecule has 1 aromatic rings. The minimum atomic E-state index is -0.330. The van der Waals surface area contributed by atoms with E-state index in [1.165, 1.54) is 24.6 Å². The van der Waals surface area contributed by atoms with Crippen molar-refractivity contribution in [2.45, 2.75) is 46.1 Å². The van der Waals surface area contributed by atoms with Crippen LogP contribution in [0.15, 0.2) is 18.2 Å². The lowest BCUT2D eigenvalue weighted by Gasteiger charge is -2.31. The van der Waals surface area contributed by atoms with Gasteiger partial charge in [0.05, 0.1) is 5.56 Å². The van der Waals surface area contributed by atoms with Crippen LogP contribution in [0, 0.1) is 24.6 Å². The molecule has 0 amide bonds. The van der Waals surface area contributed by atoms with E-state index in [0.717, 1.165) is 12.8 Å². The first kappa shape index (κ1) is 14.0. The third-order valence-electron chi connectivity index (χ3n) is 3.82. The van der Waals surface area contributed by atoms with Crippen molar-refractivity contribution in [3.8, 4) is 0 Å². The first-order valence-corrected chi connectivity index (χ1v) is 6.93. The molecule has 0 bridgehead atoms. The molecule has 3 heteroatoms. The van der Waals surface area contributed by atoms with Crippen LogP contribution in [0.1, 0.15) is 49.0 Å². The number of hydrogen-bond acceptors (Lipinski definition) is 2. The highest BCUT2D eigenvalue weighted by atomic mass is 19.1. The Labute approximate surface area is 114 Å². The van der Waals surface area contributed by atoms with E-state index in [4.69, 9.17) is 4.74 Å². The van der Waals surface area contributed by atoms with Gasteiger partial charge in [-0.25, -0.2) is 9.18 Å². The highest BCUT2D eigenvalue weighted by Crippen LogP contribution is 2.31. The summed E-state index contributed by atoms with van der Waals surface area (Å²) < 4.78 is 18.6. The fourth-order valence-corrected chi connectivity index (χ4v) is 3.04. The fourth-order valence-electron chi connectivity index (χ4n) is 3.04. The predicted molar refractivity (Wildman–Crippen MR) is 72.5 cm³/mol. The van der Waals surface area contributed by atoms with Gasteiger partial charge in [-0.3, -0.25) is 0 Å². The van der Waals surface area contributed by atoms with Crippen molar-refractivity contribution >= 4 is 5.97 Å². The van der Waals surface area contributed by atoms with Crippen molar-refractivity contribution in [2.24, 2.45) is 11.8 Å². The highest BCUT2D eigenvalue weighted by Gasteiger charge is 2.27. The first-order valence-electron chi connectivity index (χ1n) is 6.93. The van der Waals surface area contributed by atoms with Crippen LogP contribution in [-0.4, -0.2) is 12.1 Å². The SMILES string of the molecule is Cc1cc(F)ccc1C(=O)OC1CC(C)CC(C)C1. The molecule has 0 N–H and O–H groups in total. The average Bonchev–Trinajstić information content (AvgIpc) is 2.26. The van der Waals surface area contributed by atoms with E-state index >= 15 is 0 Å². The van der Waals surface area contributed by atoms with Crippen molar-refractivity contribution < 1.29 is 13.9 Å². The number of rotatable bonds is 2. The molecule has 0 saturated heterocycles. The van der Waals surface area contributed by atoms with Gasteiger partial charge >= 0.3 is 5.97 Å². The standard InChI is InChI=1S/C16H21FO2/c1-10-6-11(2)8-14(7-10)19-16(18)15-5-4-13(17)9-12(15)3/h4-5,9-11,14H,6-8H2,1-3H3. The van der Waals surface area contributed by atoms with Crippen LogP contribution in [0.4, 0.5) is 4.39 Å². The van der Waals surface area contributed by atoms with Gasteiger partial charge in [-0.2, -0.15) is 0 Å². The molecule has 0 heterocycles. The number of ether oxygens (including phenoxy) is 1. The summed E-state index contributed by atoms with van der Waals surface area (Å²) >= 11 is 0. The van der Waals surface area contributed by atoms with E-state index in [1.807, 2.05) is 0 Å². The second-order valence-electron chi connectivity index (χ2n) is 5.90. The van der Waals surface area contributed by atoms with Crippen LogP contribution in [-0.2, 0) is 4.74 Å². The molecule has 0 spiro atoms. The molecule has 1 saturated carbocycles. The third kappa shape index (κ3) is 3.55. The van der Waals surface area contributed by atoms with Crippen molar-refractivity contribution in [3.05, 3.63) is 35.1 Å². The molecular formula is C16H21FO2. The van der Waals surface area contributed by atoms with Gasteiger partial charge in [0.1, 0.15) is 11.9 Å². The molecule has 2 rings (SSSR count). The van der Waals surface area contributed by atoms with Crippen LogP contribution in [0.3, 0.4) is 0 Å². The Morgan fingerprint density at radius 2 is 1.84 bits per heavy atom. The van der Waals surface area contributed by atoms with Gasteiger partial charge in [-0.05, 0) is 61.8 Å². The van der Waals surface area contributed by atoms with Gasteiger partial charge in [0.2, 0.25) is 0 Å². The lowest BCUT2D eigenvalue weighted by molar-refractivity contribution is 0.00798. The molecule has 1 aliphatic carbocycles. The highest BCUT2D eigenvalue weighted by molar-refractivity contribution is 5.91. The summed E-state index contributed by atoms with van der Waals surface area (Å²) in [4.78, 5) is 12.1. The molecule has 0 radical (unpaired) electrons. The largest absolute Gasteiger partial charge is 0.459 e. The summed E-state index contributed by atoms with van der Waals surface area (Å²) in [7, 11) is 0. The zero-order valence-electron chi connectivity index (χ0n) is 11.8. The normalized spacial score (nSPS) is 27.1.